The summed E-state index contributed by atoms with van der Waals surface area (Å²) in [4.78, 5) is 8.88. The van der Waals surface area contributed by atoms with Crippen molar-refractivity contribution in [3.63, 3.8) is 0 Å². The molecule has 1 aliphatic carbocycles. The zero-order valence-corrected chi connectivity index (χ0v) is 13.3. The van der Waals surface area contributed by atoms with Gasteiger partial charge in [0.2, 0.25) is 5.95 Å². The van der Waals surface area contributed by atoms with Gasteiger partial charge in [0.25, 0.3) is 0 Å². The molecular formula is C15H16Cl2N4O. The maximum Gasteiger partial charge on any atom is 0.224 e. The number of benzene rings is 1. The van der Waals surface area contributed by atoms with Crippen molar-refractivity contribution >= 4 is 40.7 Å². The minimum Gasteiger partial charge on any atom is -0.395 e. The van der Waals surface area contributed by atoms with Gasteiger partial charge >= 0.3 is 0 Å². The molecule has 22 heavy (non-hydrogen) atoms. The summed E-state index contributed by atoms with van der Waals surface area (Å²) >= 11 is 12.2. The first kappa shape index (κ1) is 15.3. The molecular weight excluding hydrogens is 323 g/mol. The standard InChI is InChI=1S/C15H16Cl2N4O/c16-10-2-1-3-11(14(10)17)19-13-8-12(9-4-5-9)20-15(21-13)18-6-7-22/h1-3,8-9,22H,4-7H2,(H2,18,19,20,21). The molecule has 7 heteroatoms. The number of anilines is 3. The third-order valence-electron chi connectivity index (χ3n) is 3.35. The van der Waals surface area contributed by atoms with Crippen LogP contribution in [0.3, 0.4) is 0 Å². The number of aliphatic hydroxyl groups excluding tert-OH is 1. The lowest BCUT2D eigenvalue weighted by Gasteiger charge is -2.12. The fourth-order valence-corrected chi connectivity index (χ4v) is 2.45. The summed E-state index contributed by atoms with van der Waals surface area (Å²) in [5.74, 6) is 1.65. The van der Waals surface area contributed by atoms with Crippen LogP contribution in [0.25, 0.3) is 0 Å². The normalized spacial score (nSPS) is 14.0. The smallest absolute Gasteiger partial charge is 0.224 e. The van der Waals surface area contributed by atoms with Crippen molar-refractivity contribution in [1.82, 2.24) is 9.97 Å². The maximum atomic E-state index is 8.92. The van der Waals surface area contributed by atoms with E-state index in [1.807, 2.05) is 18.2 Å². The van der Waals surface area contributed by atoms with E-state index in [1.54, 1.807) is 6.07 Å². The van der Waals surface area contributed by atoms with Gasteiger partial charge in [0, 0.05) is 18.5 Å². The van der Waals surface area contributed by atoms with Crippen molar-refractivity contribution in [2.45, 2.75) is 18.8 Å². The van der Waals surface area contributed by atoms with Crippen LogP contribution in [0.15, 0.2) is 24.3 Å². The predicted molar refractivity (Wildman–Crippen MR) is 89.3 cm³/mol. The second-order valence-corrected chi connectivity index (χ2v) is 5.94. The number of aromatic nitrogens is 2. The van der Waals surface area contributed by atoms with Gasteiger partial charge < -0.3 is 15.7 Å². The van der Waals surface area contributed by atoms with E-state index < -0.39 is 0 Å². The number of hydrogen-bond acceptors (Lipinski definition) is 5. The molecule has 0 unspecified atom stereocenters. The molecule has 2 aromatic rings. The molecule has 0 atom stereocenters. The largest absolute Gasteiger partial charge is 0.395 e. The van der Waals surface area contributed by atoms with E-state index in [-0.39, 0.29) is 6.61 Å². The Morgan fingerprint density at radius 2 is 2.05 bits per heavy atom. The van der Waals surface area contributed by atoms with E-state index in [9.17, 15) is 0 Å². The fraction of sp³-hybridized carbons (Fsp3) is 0.333. The van der Waals surface area contributed by atoms with Gasteiger partial charge in [0.1, 0.15) is 5.82 Å². The van der Waals surface area contributed by atoms with Crippen molar-refractivity contribution < 1.29 is 5.11 Å². The Morgan fingerprint density at radius 1 is 1.23 bits per heavy atom. The predicted octanol–water partition coefficient (Wildman–Crippen LogP) is 3.81. The molecule has 0 spiro atoms. The highest BCUT2D eigenvalue weighted by atomic mass is 35.5. The molecule has 0 amide bonds. The number of rotatable bonds is 6. The van der Waals surface area contributed by atoms with Crippen LogP contribution in [0.4, 0.5) is 17.5 Å². The summed E-state index contributed by atoms with van der Waals surface area (Å²) in [6.45, 7) is 0.436. The van der Waals surface area contributed by atoms with E-state index in [1.165, 1.54) is 0 Å². The first-order chi connectivity index (χ1) is 10.7. The van der Waals surface area contributed by atoms with E-state index >= 15 is 0 Å². The second-order valence-electron chi connectivity index (χ2n) is 5.15. The Balaban J connectivity index is 1.88. The minimum absolute atomic E-state index is 0.0277. The lowest BCUT2D eigenvalue weighted by Crippen LogP contribution is -2.10. The number of hydrogen-bond donors (Lipinski definition) is 3. The quantitative estimate of drug-likeness (QED) is 0.747. The zero-order valence-electron chi connectivity index (χ0n) is 11.8. The lowest BCUT2D eigenvalue weighted by molar-refractivity contribution is 0.311. The van der Waals surface area contributed by atoms with Crippen LogP contribution < -0.4 is 10.6 Å². The molecule has 1 saturated carbocycles. The molecule has 0 saturated heterocycles. The highest BCUT2D eigenvalue weighted by Gasteiger charge is 2.26. The van der Waals surface area contributed by atoms with Gasteiger partial charge in [-0.25, -0.2) is 4.98 Å². The van der Waals surface area contributed by atoms with Gasteiger partial charge in [-0.15, -0.1) is 0 Å². The average molecular weight is 339 g/mol. The first-order valence-corrected chi connectivity index (χ1v) is 7.87. The molecule has 5 nitrogen and oxygen atoms in total. The van der Waals surface area contributed by atoms with Crippen LogP contribution in [0.5, 0.6) is 0 Å². The number of aliphatic hydroxyl groups is 1. The maximum absolute atomic E-state index is 8.92. The molecule has 0 aliphatic heterocycles. The molecule has 3 N–H and O–H groups in total. The molecule has 1 aromatic carbocycles. The van der Waals surface area contributed by atoms with Crippen LogP contribution in [-0.4, -0.2) is 28.2 Å². The summed E-state index contributed by atoms with van der Waals surface area (Å²) in [6.07, 6.45) is 2.29. The molecule has 1 aliphatic rings. The number of halogens is 2. The van der Waals surface area contributed by atoms with Gasteiger partial charge in [-0.3, -0.25) is 0 Å². The Bertz CT molecular complexity index is 677. The summed E-state index contributed by atoms with van der Waals surface area (Å²) < 4.78 is 0. The van der Waals surface area contributed by atoms with Crippen molar-refractivity contribution in [3.8, 4) is 0 Å². The van der Waals surface area contributed by atoms with Crippen molar-refractivity contribution in [2.24, 2.45) is 0 Å². The van der Waals surface area contributed by atoms with E-state index in [4.69, 9.17) is 28.3 Å². The van der Waals surface area contributed by atoms with Gasteiger partial charge in [-0.2, -0.15) is 4.98 Å². The van der Waals surface area contributed by atoms with Gasteiger partial charge in [-0.05, 0) is 25.0 Å². The third kappa shape index (κ3) is 3.61. The van der Waals surface area contributed by atoms with E-state index in [2.05, 4.69) is 20.6 Å². The monoisotopic (exact) mass is 338 g/mol. The molecule has 1 aromatic heterocycles. The van der Waals surface area contributed by atoms with Gasteiger partial charge in [0.05, 0.1) is 28.0 Å². The van der Waals surface area contributed by atoms with Gasteiger partial charge in [-0.1, -0.05) is 29.3 Å². The summed E-state index contributed by atoms with van der Waals surface area (Å²) in [5.41, 5.74) is 1.69. The third-order valence-corrected chi connectivity index (χ3v) is 4.17. The number of nitrogens with one attached hydrogen (secondary N) is 2. The van der Waals surface area contributed by atoms with Crippen molar-refractivity contribution in [3.05, 3.63) is 40.0 Å². The van der Waals surface area contributed by atoms with Crippen LogP contribution in [0.1, 0.15) is 24.5 Å². The Kier molecular flexibility index (Phi) is 4.66. The summed E-state index contributed by atoms with van der Waals surface area (Å²) in [5, 5.41) is 16.1. The van der Waals surface area contributed by atoms with Gasteiger partial charge in [0.15, 0.2) is 0 Å². The molecule has 3 rings (SSSR count). The Labute approximate surface area is 138 Å². The van der Waals surface area contributed by atoms with Crippen LogP contribution in [0.2, 0.25) is 10.0 Å². The SMILES string of the molecule is OCCNc1nc(Nc2cccc(Cl)c2Cl)cc(C2CC2)n1. The molecule has 116 valence electrons. The van der Waals surface area contributed by atoms with Crippen LogP contribution >= 0.6 is 23.2 Å². The molecule has 1 fully saturated rings. The number of nitrogens with zero attached hydrogens (tertiary/aromatic N) is 2. The highest BCUT2D eigenvalue weighted by molar-refractivity contribution is 6.43. The minimum atomic E-state index is 0.0277. The van der Waals surface area contributed by atoms with Crippen LogP contribution in [0, 0.1) is 0 Å². The second kappa shape index (κ2) is 6.69. The molecule has 1 heterocycles. The topological polar surface area (TPSA) is 70.1 Å². The highest BCUT2D eigenvalue weighted by Crippen LogP contribution is 2.40. The van der Waals surface area contributed by atoms with E-state index in [0.29, 0.717) is 40.0 Å². The van der Waals surface area contributed by atoms with Crippen molar-refractivity contribution in [2.75, 3.05) is 23.8 Å². The molecule has 0 bridgehead atoms. The Morgan fingerprint density at radius 3 is 2.77 bits per heavy atom. The summed E-state index contributed by atoms with van der Waals surface area (Å²) in [7, 11) is 0. The van der Waals surface area contributed by atoms with E-state index in [0.717, 1.165) is 18.5 Å². The van der Waals surface area contributed by atoms with Crippen molar-refractivity contribution in [1.29, 1.82) is 0 Å². The average Bonchev–Trinajstić information content (AvgIpc) is 3.34. The first-order valence-electron chi connectivity index (χ1n) is 7.12. The lowest BCUT2D eigenvalue weighted by atomic mass is 10.2. The summed E-state index contributed by atoms with van der Waals surface area (Å²) in [6, 6.07) is 7.33. The van der Waals surface area contributed by atoms with Crippen LogP contribution in [-0.2, 0) is 0 Å². The zero-order chi connectivity index (χ0) is 15.5. The Hall–Kier alpha value is -1.56. The fourth-order valence-electron chi connectivity index (χ4n) is 2.10. The molecule has 0 radical (unpaired) electrons.